The molecular formula is C12H17NO. The highest BCUT2D eigenvalue weighted by atomic mass is 16.1. The maximum absolute atomic E-state index is 10.9. The molecule has 1 N–H and O–H groups in total. The molecule has 76 valence electrons. The summed E-state index contributed by atoms with van der Waals surface area (Å²) >= 11 is 0. The molecule has 0 radical (unpaired) electrons. The topological polar surface area (TPSA) is 29.1 Å². The second-order valence-corrected chi connectivity index (χ2v) is 3.44. The van der Waals surface area contributed by atoms with Gasteiger partial charge in [0.15, 0.2) is 0 Å². The number of rotatable bonds is 4. The lowest BCUT2D eigenvalue weighted by Gasteiger charge is -2.03. The quantitative estimate of drug-likeness (QED) is 0.775. The zero-order chi connectivity index (χ0) is 10.4. The number of carbonyl (C=O) groups is 1. The van der Waals surface area contributed by atoms with Gasteiger partial charge in [-0.2, -0.15) is 0 Å². The number of hydrogen-bond donors (Lipinski definition) is 1. The van der Waals surface area contributed by atoms with E-state index in [2.05, 4.69) is 36.5 Å². The molecule has 2 nitrogen and oxygen atoms in total. The highest BCUT2D eigenvalue weighted by Gasteiger charge is 1.96. The van der Waals surface area contributed by atoms with Crippen molar-refractivity contribution in [3.8, 4) is 0 Å². The van der Waals surface area contributed by atoms with E-state index >= 15 is 0 Å². The summed E-state index contributed by atoms with van der Waals surface area (Å²) in [5, 5.41) is 2.86. The molecule has 14 heavy (non-hydrogen) atoms. The average molecular weight is 191 g/mol. The Bertz CT molecular complexity index is 290. The van der Waals surface area contributed by atoms with Gasteiger partial charge in [-0.3, -0.25) is 4.79 Å². The summed E-state index contributed by atoms with van der Waals surface area (Å²) in [5.41, 5.74) is 2.54. The summed E-state index contributed by atoms with van der Waals surface area (Å²) in [4.78, 5) is 10.9. The summed E-state index contributed by atoms with van der Waals surface area (Å²) in [6.45, 7) is 4.67. The fraction of sp³-hybridized carbons (Fsp3) is 0.417. The molecule has 1 rings (SSSR count). The number of nitrogens with one attached hydrogen (secondary N) is 1. The predicted molar refractivity (Wildman–Crippen MR) is 58.2 cm³/mol. The van der Waals surface area contributed by atoms with Crippen LogP contribution in [-0.2, 0) is 11.2 Å². The molecule has 0 saturated carbocycles. The van der Waals surface area contributed by atoms with Gasteiger partial charge in [-0.15, -0.1) is 0 Å². The predicted octanol–water partition coefficient (Wildman–Crippen LogP) is 2.06. The molecule has 0 heterocycles. The van der Waals surface area contributed by atoms with Crippen molar-refractivity contribution in [1.82, 2.24) is 5.32 Å². The zero-order valence-electron chi connectivity index (χ0n) is 8.84. The van der Waals surface area contributed by atoms with Crippen LogP contribution in [0.4, 0.5) is 0 Å². The Balaban J connectivity index is 2.31. The Kier molecular flexibility index (Phi) is 4.17. The third kappa shape index (κ3) is 3.60. The van der Waals surface area contributed by atoms with E-state index in [1.165, 1.54) is 11.1 Å². The van der Waals surface area contributed by atoms with Gasteiger partial charge in [-0.25, -0.2) is 0 Å². The second kappa shape index (κ2) is 5.43. The molecule has 1 aromatic carbocycles. The minimum absolute atomic E-state index is 0.122. The third-order valence-electron chi connectivity index (χ3n) is 2.18. The van der Waals surface area contributed by atoms with E-state index in [9.17, 15) is 4.79 Å². The smallest absolute Gasteiger partial charge is 0.219 e. The molecule has 0 aromatic heterocycles. The molecule has 0 aliphatic heterocycles. The van der Waals surface area contributed by atoms with Gasteiger partial charge in [0.2, 0.25) is 5.91 Å². The first-order valence-electron chi connectivity index (χ1n) is 5.04. The highest BCUT2D eigenvalue weighted by molar-refractivity contribution is 5.75. The molecule has 0 bridgehead atoms. The second-order valence-electron chi connectivity index (χ2n) is 3.44. The van der Waals surface area contributed by atoms with Gasteiger partial charge < -0.3 is 5.32 Å². The van der Waals surface area contributed by atoms with Crippen molar-refractivity contribution >= 4 is 5.91 Å². The first-order chi connectivity index (χ1) is 6.72. The van der Waals surface area contributed by atoms with Crippen molar-refractivity contribution in [3.63, 3.8) is 0 Å². The zero-order valence-corrected chi connectivity index (χ0v) is 8.84. The van der Waals surface area contributed by atoms with E-state index in [-0.39, 0.29) is 5.91 Å². The Morgan fingerprint density at radius 2 is 1.93 bits per heavy atom. The van der Waals surface area contributed by atoms with Crippen LogP contribution in [0.3, 0.4) is 0 Å². The monoisotopic (exact) mass is 191 g/mol. The molecular weight excluding hydrogens is 174 g/mol. The standard InChI is InChI=1S/C12H17NO/c1-3-12(14)13-9-8-11-6-4-10(2)5-7-11/h4-7H,3,8-9H2,1-2H3,(H,13,14). The first-order valence-corrected chi connectivity index (χ1v) is 5.04. The van der Waals surface area contributed by atoms with Crippen molar-refractivity contribution in [2.24, 2.45) is 0 Å². The van der Waals surface area contributed by atoms with Gasteiger partial charge in [0.05, 0.1) is 0 Å². The van der Waals surface area contributed by atoms with E-state index < -0.39 is 0 Å². The third-order valence-corrected chi connectivity index (χ3v) is 2.18. The van der Waals surface area contributed by atoms with E-state index in [0.29, 0.717) is 6.42 Å². The Labute approximate surface area is 85.3 Å². The van der Waals surface area contributed by atoms with E-state index in [4.69, 9.17) is 0 Å². The molecule has 1 amide bonds. The van der Waals surface area contributed by atoms with Crippen LogP contribution in [0.5, 0.6) is 0 Å². The normalized spacial score (nSPS) is 9.86. The molecule has 0 aliphatic rings. The summed E-state index contributed by atoms with van der Waals surface area (Å²) in [5.74, 6) is 0.122. The molecule has 1 aromatic rings. The van der Waals surface area contributed by atoms with E-state index in [1.54, 1.807) is 0 Å². The van der Waals surface area contributed by atoms with Crippen molar-refractivity contribution in [2.45, 2.75) is 26.7 Å². The van der Waals surface area contributed by atoms with Crippen LogP contribution in [0.25, 0.3) is 0 Å². The molecule has 0 saturated heterocycles. The molecule has 0 unspecified atom stereocenters. The number of hydrogen-bond acceptors (Lipinski definition) is 1. The van der Waals surface area contributed by atoms with Gasteiger partial charge in [-0.05, 0) is 18.9 Å². The van der Waals surface area contributed by atoms with Crippen LogP contribution in [-0.4, -0.2) is 12.5 Å². The fourth-order valence-corrected chi connectivity index (χ4v) is 1.23. The Morgan fingerprint density at radius 3 is 2.50 bits per heavy atom. The van der Waals surface area contributed by atoms with Crippen molar-refractivity contribution < 1.29 is 4.79 Å². The van der Waals surface area contributed by atoms with Crippen LogP contribution < -0.4 is 5.32 Å². The van der Waals surface area contributed by atoms with Crippen molar-refractivity contribution in [1.29, 1.82) is 0 Å². The molecule has 2 heteroatoms. The largest absolute Gasteiger partial charge is 0.356 e. The molecule has 0 fully saturated rings. The minimum Gasteiger partial charge on any atom is -0.356 e. The number of amides is 1. The van der Waals surface area contributed by atoms with E-state index in [1.807, 2.05) is 6.92 Å². The Hall–Kier alpha value is -1.31. The van der Waals surface area contributed by atoms with Crippen LogP contribution in [0.1, 0.15) is 24.5 Å². The molecule has 0 aliphatic carbocycles. The van der Waals surface area contributed by atoms with Crippen molar-refractivity contribution in [2.75, 3.05) is 6.54 Å². The lowest BCUT2D eigenvalue weighted by molar-refractivity contribution is -0.120. The van der Waals surface area contributed by atoms with Crippen LogP contribution in [0.2, 0.25) is 0 Å². The van der Waals surface area contributed by atoms with Gasteiger partial charge in [-0.1, -0.05) is 36.8 Å². The average Bonchev–Trinajstić information content (AvgIpc) is 2.21. The summed E-state index contributed by atoms with van der Waals surface area (Å²) < 4.78 is 0. The fourth-order valence-electron chi connectivity index (χ4n) is 1.23. The maximum Gasteiger partial charge on any atom is 0.219 e. The van der Waals surface area contributed by atoms with Gasteiger partial charge in [0.1, 0.15) is 0 Å². The van der Waals surface area contributed by atoms with Crippen LogP contribution in [0.15, 0.2) is 24.3 Å². The molecule has 0 atom stereocenters. The van der Waals surface area contributed by atoms with Crippen LogP contribution >= 0.6 is 0 Å². The summed E-state index contributed by atoms with van der Waals surface area (Å²) in [7, 11) is 0. The lowest BCUT2D eigenvalue weighted by atomic mass is 10.1. The van der Waals surface area contributed by atoms with Crippen molar-refractivity contribution in [3.05, 3.63) is 35.4 Å². The van der Waals surface area contributed by atoms with Crippen LogP contribution in [0, 0.1) is 6.92 Å². The van der Waals surface area contributed by atoms with Gasteiger partial charge in [0, 0.05) is 13.0 Å². The highest BCUT2D eigenvalue weighted by Crippen LogP contribution is 2.02. The minimum atomic E-state index is 0.122. The maximum atomic E-state index is 10.9. The Morgan fingerprint density at radius 1 is 1.29 bits per heavy atom. The summed E-state index contributed by atoms with van der Waals surface area (Å²) in [6.07, 6.45) is 1.47. The summed E-state index contributed by atoms with van der Waals surface area (Å²) in [6, 6.07) is 8.40. The van der Waals surface area contributed by atoms with Gasteiger partial charge >= 0.3 is 0 Å². The SMILES string of the molecule is CCC(=O)NCCc1ccc(C)cc1. The number of carbonyl (C=O) groups excluding carboxylic acids is 1. The number of aryl methyl sites for hydroxylation is 1. The van der Waals surface area contributed by atoms with E-state index in [0.717, 1.165) is 13.0 Å². The van der Waals surface area contributed by atoms with Gasteiger partial charge in [0.25, 0.3) is 0 Å². The lowest BCUT2D eigenvalue weighted by Crippen LogP contribution is -2.24. The number of benzene rings is 1. The first kappa shape index (κ1) is 10.8. The molecule has 0 spiro atoms.